The Morgan fingerprint density at radius 2 is 1.77 bits per heavy atom. The first-order valence-corrected chi connectivity index (χ1v) is 7.15. The summed E-state index contributed by atoms with van der Waals surface area (Å²) in [6.07, 6.45) is -0.714. The number of quaternary nitrogens is 1. The van der Waals surface area contributed by atoms with Crippen LogP contribution in [-0.2, 0) is 4.74 Å². The molecule has 0 aliphatic carbocycles. The molecule has 1 aromatic rings. The van der Waals surface area contributed by atoms with E-state index < -0.39 is 12.1 Å². The van der Waals surface area contributed by atoms with E-state index in [1.54, 1.807) is 24.3 Å². The standard InChI is InChI=1S/C15H23NO6/c1-21-15(20)12-2-4-14(5-3-12)22-11-13(19)10-16(6-8-17)7-9-18/h2-5,13,17-19H,6-11H2,1H3/p+1/t13-/m1/s1. The summed E-state index contributed by atoms with van der Waals surface area (Å²) in [4.78, 5) is 12.2. The summed E-state index contributed by atoms with van der Waals surface area (Å²) in [5, 5.41) is 27.8. The number of nitrogens with one attached hydrogen (secondary N) is 1. The predicted octanol–water partition coefficient (Wildman–Crippen LogP) is -1.92. The summed E-state index contributed by atoms with van der Waals surface area (Å²) in [5.74, 6) is 0.122. The average Bonchev–Trinajstić information content (AvgIpc) is 2.53. The summed E-state index contributed by atoms with van der Waals surface area (Å²) >= 11 is 0. The Morgan fingerprint density at radius 3 is 2.27 bits per heavy atom. The second kappa shape index (κ2) is 10.1. The van der Waals surface area contributed by atoms with E-state index in [2.05, 4.69) is 4.74 Å². The van der Waals surface area contributed by atoms with E-state index in [-0.39, 0.29) is 19.8 Å². The normalized spacial score (nSPS) is 12.2. The van der Waals surface area contributed by atoms with Crippen LogP contribution in [0, 0.1) is 0 Å². The lowest BCUT2D eigenvalue weighted by Gasteiger charge is -2.20. The zero-order valence-corrected chi connectivity index (χ0v) is 12.7. The molecule has 1 aromatic carbocycles. The fraction of sp³-hybridized carbons (Fsp3) is 0.533. The Morgan fingerprint density at radius 1 is 1.18 bits per heavy atom. The van der Waals surface area contributed by atoms with E-state index >= 15 is 0 Å². The summed E-state index contributed by atoms with van der Waals surface area (Å²) in [6, 6.07) is 6.43. The second-order valence-corrected chi connectivity index (χ2v) is 4.88. The highest BCUT2D eigenvalue weighted by Gasteiger charge is 2.15. The molecule has 1 atom stereocenters. The number of methoxy groups -OCH3 is 1. The summed E-state index contributed by atoms with van der Waals surface area (Å²) < 4.78 is 10.1. The van der Waals surface area contributed by atoms with Crippen molar-refractivity contribution < 1.29 is 34.5 Å². The zero-order valence-electron chi connectivity index (χ0n) is 12.7. The monoisotopic (exact) mass is 314 g/mol. The van der Waals surface area contributed by atoms with Crippen LogP contribution >= 0.6 is 0 Å². The quantitative estimate of drug-likeness (QED) is 0.376. The highest BCUT2D eigenvalue weighted by Crippen LogP contribution is 2.12. The number of ether oxygens (including phenoxy) is 2. The molecule has 0 aromatic heterocycles. The van der Waals surface area contributed by atoms with Crippen molar-refractivity contribution in [2.24, 2.45) is 0 Å². The molecule has 0 bridgehead atoms. The van der Waals surface area contributed by atoms with Crippen LogP contribution in [0.2, 0.25) is 0 Å². The van der Waals surface area contributed by atoms with Crippen molar-refractivity contribution in [1.29, 1.82) is 0 Å². The number of esters is 1. The molecule has 7 nitrogen and oxygen atoms in total. The van der Waals surface area contributed by atoms with Crippen LogP contribution in [0.3, 0.4) is 0 Å². The number of hydrogen-bond donors (Lipinski definition) is 4. The zero-order chi connectivity index (χ0) is 16.4. The van der Waals surface area contributed by atoms with Crippen LogP contribution in [0.5, 0.6) is 5.75 Å². The molecule has 22 heavy (non-hydrogen) atoms. The number of hydrogen-bond acceptors (Lipinski definition) is 6. The van der Waals surface area contributed by atoms with Crippen molar-refractivity contribution in [2.45, 2.75) is 6.10 Å². The Kier molecular flexibility index (Phi) is 8.46. The van der Waals surface area contributed by atoms with Gasteiger partial charge in [0.15, 0.2) is 0 Å². The first-order chi connectivity index (χ1) is 10.6. The first kappa shape index (κ1) is 18.4. The van der Waals surface area contributed by atoms with Gasteiger partial charge in [-0.25, -0.2) is 4.79 Å². The molecular weight excluding hydrogens is 290 g/mol. The average molecular weight is 314 g/mol. The maximum absolute atomic E-state index is 11.3. The van der Waals surface area contributed by atoms with Crippen LogP contribution < -0.4 is 9.64 Å². The topological polar surface area (TPSA) is 101 Å². The Bertz CT molecular complexity index is 430. The van der Waals surface area contributed by atoms with Crippen LogP contribution in [0.4, 0.5) is 0 Å². The SMILES string of the molecule is COC(=O)c1ccc(OC[C@H](O)C[NH+](CCO)CCO)cc1. The van der Waals surface area contributed by atoms with Crippen molar-refractivity contribution in [3.8, 4) is 5.75 Å². The number of carbonyl (C=O) groups excluding carboxylic acids is 1. The second-order valence-electron chi connectivity index (χ2n) is 4.88. The Hall–Kier alpha value is -1.67. The molecule has 0 radical (unpaired) electrons. The van der Waals surface area contributed by atoms with Crippen molar-refractivity contribution in [3.05, 3.63) is 29.8 Å². The largest absolute Gasteiger partial charge is 0.491 e. The van der Waals surface area contributed by atoms with Crippen LogP contribution in [-0.4, -0.2) is 74.0 Å². The molecule has 0 heterocycles. The minimum atomic E-state index is -0.714. The molecule has 0 aliphatic rings. The van der Waals surface area contributed by atoms with Gasteiger partial charge in [-0.1, -0.05) is 0 Å². The maximum Gasteiger partial charge on any atom is 0.337 e. The number of benzene rings is 1. The molecular formula is C15H24NO6+. The third-order valence-corrected chi connectivity index (χ3v) is 3.17. The van der Waals surface area contributed by atoms with Crippen LogP contribution in [0.25, 0.3) is 0 Å². The van der Waals surface area contributed by atoms with Gasteiger partial charge >= 0.3 is 5.97 Å². The minimum absolute atomic E-state index is 0.00208. The number of carbonyl (C=O) groups is 1. The number of aliphatic hydroxyl groups excluding tert-OH is 3. The van der Waals surface area contributed by atoms with Crippen molar-refractivity contribution in [3.63, 3.8) is 0 Å². The Labute approximate surface area is 129 Å². The van der Waals surface area contributed by atoms with E-state index in [0.717, 1.165) is 4.90 Å². The van der Waals surface area contributed by atoms with Gasteiger partial charge in [-0.2, -0.15) is 0 Å². The highest BCUT2D eigenvalue weighted by atomic mass is 16.5. The maximum atomic E-state index is 11.3. The van der Waals surface area contributed by atoms with E-state index in [1.165, 1.54) is 7.11 Å². The lowest BCUT2D eigenvalue weighted by Crippen LogP contribution is -3.14. The molecule has 0 unspecified atom stereocenters. The summed E-state index contributed by atoms with van der Waals surface area (Å²) in [6.45, 7) is 1.39. The van der Waals surface area contributed by atoms with Gasteiger partial charge in [0.1, 0.15) is 38.1 Å². The lowest BCUT2D eigenvalue weighted by molar-refractivity contribution is -0.903. The molecule has 0 amide bonds. The molecule has 0 fully saturated rings. The van der Waals surface area contributed by atoms with Gasteiger partial charge in [0, 0.05) is 0 Å². The molecule has 7 heteroatoms. The van der Waals surface area contributed by atoms with E-state index in [1.807, 2.05) is 0 Å². The van der Waals surface area contributed by atoms with Gasteiger partial charge in [0.05, 0.1) is 25.9 Å². The first-order valence-electron chi connectivity index (χ1n) is 7.15. The van der Waals surface area contributed by atoms with Crippen LogP contribution in [0.15, 0.2) is 24.3 Å². The van der Waals surface area contributed by atoms with Crippen molar-refractivity contribution >= 4 is 5.97 Å². The fourth-order valence-electron chi connectivity index (χ4n) is 2.04. The van der Waals surface area contributed by atoms with Gasteiger partial charge in [-0.05, 0) is 24.3 Å². The molecule has 0 saturated heterocycles. The molecule has 4 N–H and O–H groups in total. The molecule has 1 rings (SSSR count). The Balaban J connectivity index is 2.42. The minimum Gasteiger partial charge on any atom is -0.491 e. The van der Waals surface area contributed by atoms with Gasteiger partial charge in [-0.3, -0.25) is 0 Å². The van der Waals surface area contributed by atoms with Gasteiger partial charge in [0.2, 0.25) is 0 Å². The van der Waals surface area contributed by atoms with Gasteiger partial charge in [-0.15, -0.1) is 0 Å². The van der Waals surface area contributed by atoms with Crippen molar-refractivity contribution in [2.75, 3.05) is 46.6 Å². The smallest absolute Gasteiger partial charge is 0.337 e. The van der Waals surface area contributed by atoms with E-state index in [4.69, 9.17) is 14.9 Å². The fourth-order valence-corrected chi connectivity index (χ4v) is 2.04. The molecule has 0 aliphatic heterocycles. The predicted molar refractivity (Wildman–Crippen MR) is 79.0 cm³/mol. The molecule has 0 spiro atoms. The summed E-state index contributed by atoms with van der Waals surface area (Å²) in [7, 11) is 1.32. The number of aliphatic hydroxyl groups is 3. The van der Waals surface area contributed by atoms with Gasteiger partial charge in [0.25, 0.3) is 0 Å². The summed E-state index contributed by atoms with van der Waals surface area (Å²) in [5.41, 5.74) is 0.428. The lowest BCUT2D eigenvalue weighted by atomic mass is 10.2. The number of rotatable bonds is 10. The molecule has 0 saturated carbocycles. The van der Waals surface area contributed by atoms with Crippen molar-refractivity contribution in [1.82, 2.24) is 0 Å². The van der Waals surface area contributed by atoms with Gasteiger partial charge < -0.3 is 29.7 Å². The van der Waals surface area contributed by atoms with E-state index in [0.29, 0.717) is 30.9 Å². The molecule has 124 valence electrons. The van der Waals surface area contributed by atoms with E-state index in [9.17, 15) is 9.90 Å². The third-order valence-electron chi connectivity index (χ3n) is 3.17. The van der Waals surface area contributed by atoms with Crippen LogP contribution in [0.1, 0.15) is 10.4 Å². The third kappa shape index (κ3) is 6.40. The highest BCUT2D eigenvalue weighted by molar-refractivity contribution is 5.89.